The molecule has 0 atom stereocenters. The van der Waals surface area contributed by atoms with E-state index >= 15 is 0 Å². The summed E-state index contributed by atoms with van der Waals surface area (Å²) >= 11 is 0. The molecule has 0 unspecified atom stereocenters. The molecule has 0 bridgehead atoms. The highest BCUT2D eigenvalue weighted by atomic mass is 19.4. The molecule has 0 saturated carbocycles. The van der Waals surface area contributed by atoms with Crippen molar-refractivity contribution in [1.82, 2.24) is 4.98 Å². The number of amides is 1. The first-order valence-electron chi connectivity index (χ1n) is 6.04. The fourth-order valence-corrected chi connectivity index (χ4v) is 1.68. The number of nitrogens with two attached hydrogens (primary N) is 1. The Bertz CT molecular complexity index is 639. The Balaban J connectivity index is 2.12. The first kappa shape index (κ1) is 15.0. The molecule has 21 heavy (non-hydrogen) atoms. The average molecular weight is 295 g/mol. The van der Waals surface area contributed by atoms with Gasteiger partial charge in [0.1, 0.15) is 0 Å². The van der Waals surface area contributed by atoms with Crippen molar-refractivity contribution in [3.8, 4) is 0 Å². The molecule has 3 N–H and O–H groups in total. The second-order valence-electron chi connectivity index (χ2n) is 4.27. The molecule has 7 heteroatoms. The van der Waals surface area contributed by atoms with Crippen LogP contribution in [0.3, 0.4) is 0 Å². The number of carbonyl (C=O) groups excluding carboxylic acids is 1. The Kier molecular flexibility index (Phi) is 4.23. The van der Waals surface area contributed by atoms with E-state index < -0.39 is 17.6 Å². The molecule has 0 aliphatic carbocycles. The van der Waals surface area contributed by atoms with Crippen LogP contribution < -0.4 is 11.1 Å². The number of aromatic nitrogens is 1. The van der Waals surface area contributed by atoms with E-state index in [1.807, 2.05) is 0 Å². The SMILES string of the molecule is NCc1cc(C(=O)Nc2ccc(C(F)(F)F)cc2)ccn1. The number of halogens is 3. The summed E-state index contributed by atoms with van der Waals surface area (Å²) in [5.74, 6) is -0.438. The molecule has 2 rings (SSSR count). The summed E-state index contributed by atoms with van der Waals surface area (Å²) in [5.41, 5.74) is 5.83. The normalized spacial score (nSPS) is 11.2. The van der Waals surface area contributed by atoms with E-state index in [4.69, 9.17) is 5.73 Å². The molecule has 0 radical (unpaired) electrons. The van der Waals surface area contributed by atoms with Crippen LogP contribution in [0.25, 0.3) is 0 Å². The maximum atomic E-state index is 12.4. The Morgan fingerprint density at radius 1 is 1.19 bits per heavy atom. The minimum atomic E-state index is -4.40. The summed E-state index contributed by atoms with van der Waals surface area (Å²) in [5, 5.41) is 2.51. The summed E-state index contributed by atoms with van der Waals surface area (Å²) in [7, 11) is 0. The number of pyridine rings is 1. The molecular weight excluding hydrogens is 283 g/mol. The van der Waals surface area contributed by atoms with E-state index in [0.29, 0.717) is 11.3 Å². The molecule has 1 aromatic heterocycles. The molecule has 0 aliphatic rings. The Morgan fingerprint density at radius 2 is 1.86 bits per heavy atom. The summed E-state index contributed by atoms with van der Waals surface area (Å²) in [4.78, 5) is 15.9. The number of anilines is 1. The smallest absolute Gasteiger partial charge is 0.325 e. The maximum absolute atomic E-state index is 12.4. The van der Waals surface area contributed by atoms with Crippen LogP contribution in [0.2, 0.25) is 0 Å². The number of carbonyl (C=O) groups is 1. The maximum Gasteiger partial charge on any atom is 0.416 e. The molecule has 110 valence electrons. The minimum Gasteiger partial charge on any atom is -0.325 e. The second-order valence-corrected chi connectivity index (χ2v) is 4.27. The van der Waals surface area contributed by atoms with Gasteiger partial charge in [-0.1, -0.05) is 0 Å². The van der Waals surface area contributed by atoms with Crippen molar-refractivity contribution >= 4 is 11.6 Å². The van der Waals surface area contributed by atoms with Gasteiger partial charge in [-0.15, -0.1) is 0 Å². The third-order valence-electron chi connectivity index (χ3n) is 2.76. The van der Waals surface area contributed by atoms with Gasteiger partial charge in [-0.25, -0.2) is 0 Å². The Labute approximate surface area is 118 Å². The van der Waals surface area contributed by atoms with E-state index in [0.717, 1.165) is 12.1 Å². The highest BCUT2D eigenvalue weighted by Gasteiger charge is 2.29. The number of rotatable bonds is 3. The van der Waals surface area contributed by atoms with Crippen LogP contribution in [-0.2, 0) is 12.7 Å². The van der Waals surface area contributed by atoms with Crippen LogP contribution in [-0.4, -0.2) is 10.9 Å². The summed E-state index contributed by atoms with van der Waals surface area (Å²) in [6.45, 7) is 0.196. The summed E-state index contributed by atoms with van der Waals surface area (Å²) < 4.78 is 37.3. The van der Waals surface area contributed by atoms with Crippen molar-refractivity contribution in [2.24, 2.45) is 5.73 Å². The standard InChI is InChI=1S/C14H12F3N3O/c15-14(16,17)10-1-3-11(4-2-10)20-13(21)9-5-6-19-12(7-9)8-18/h1-7H,8,18H2,(H,20,21). The molecule has 0 aliphatic heterocycles. The van der Waals surface area contributed by atoms with Crippen LogP contribution in [0.15, 0.2) is 42.6 Å². The van der Waals surface area contributed by atoms with Gasteiger partial charge < -0.3 is 11.1 Å². The lowest BCUT2D eigenvalue weighted by molar-refractivity contribution is -0.137. The predicted molar refractivity (Wildman–Crippen MR) is 71.5 cm³/mol. The van der Waals surface area contributed by atoms with E-state index in [2.05, 4.69) is 10.3 Å². The molecule has 0 saturated heterocycles. The minimum absolute atomic E-state index is 0.196. The zero-order valence-corrected chi connectivity index (χ0v) is 10.8. The van der Waals surface area contributed by atoms with Gasteiger partial charge >= 0.3 is 6.18 Å². The van der Waals surface area contributed by atoms with E-state index in [1.165, 1.54) is 30.5 Å². The third-order valence-corrected chi connectivity index (χ3v) is 2.76. The van der Waals surface area contributed by atoms with Crippen LogP contribution in [0.4, 0.5) is 18.9 Å². The molecule has 1 heterocycles. The quantitative estimate of drug-likeness (QED) is 0.915. The van der Waals surface area contributed by atoms with E-state index in [-0.39, 0.29) is 12.2 Å². The monoisotopic (exact) mass is 295 g/mol. The number of nitrogens with one attached hydrogen (secondary N) is 1. The lowest BCUT2D eigenvalue weighted by Crippen LogP contribution is -2.13. The summed E-state index contributed by atoms with van der Waals surface area (Å²) in [6.07, 6.45) is -2.95. The van der Waals surface area contributed by atoms with E-state index in [9.17, 15) is 18.0 Å². The van der Waals surface area contributed by atoms with Gasteiger partial charge in [0.2, 0.25) is 0 Å². The van der Waals surface area contributed by atoms with E-state index in [1.54, 1.807) is 0 Å². The van der Waals surface area contributed by atoms with Crippen LogP contribution in [0.1, 0.15) is 21.6 Å². The fourth-order valence-electron chi connectivity index (χ4n) is 1.68. The number of alkyl halides is 3. The third kappa shape index (κ3) is 3.79. The van der Waals surface area contributed by atoms with Gasteiger partial charge in [0.05, 0.1) is 11.3 Å². The largest absolute Gasteiger partial charge is 0.416 e. The zero-order valence-electron chi connectivity index (χ0n) is 10.8. The molecule has 0 fully saturated rings. The fraction of sp³-hybridized carbons (Fsp3) is 0.143. The zero-order chi connectivity index (χ0) is 15.5. The molecule has 0 spiro atoms. The van der Waals surface area contributed by atoms with Crippen molar-refractivity contribution in [2.75, 3.05) is 5.32 Å². The highest BCUT2D eigenvalue weighted by molar-refractivity contribution is 6.04. The average Bonchev–Trinajstić information content (AvgIpc) is 2.47. The molecule has 1 aromatic carbocycles. The van der Waals surface area contributed by atoms with Gasteiger partial charge in [-0.3, -0.25) is 9.78 Å². The lowest BCUT2D eigenvalue weighted by atomic mass is 10.2. The van der Waals surface area contributed by atoms with Crippen molar-refractivity contribution in [2.45, 2.75) is 12.7 Å². The number of hydrogen-bond acceptors (Lipinski definition) is 3. The van der Waals surface area contributed by atoms with Crippen LogP contribution in [0, 0.1) is 0 Å². The van der Waals surface area contributed by atoms with Crippen molar-refractivity contribution in [3.05, 3.63) is 59.4 Å². The second kappa shape index (κ2) is 5.92. The number of nitrogens with zero attached hydrogens (tertiary/aromatic N) is 1. The Hall–Kier alpha value is -2.41. The van der Waals surface area contributed by atoms with Crippen LogP contribution in [0.5, 0.6) is 0 Å². The lowest BCUT2D eigenvalue weighted by Gasteiger charge is -2.09. The molecule has 2 aromatic rings. The Morgan fingerprint density at radius 3 is 2.43 bits per heavy atom. The van der Waals surface area contributed by atoms with Gasteiger partial charge in [0.15, 0.2) is 0 Å². The number of hydrogen-bond donors (Lipinski definition) is 2. The molecule has 1 amide bonds. The van der Waals surface area contributed by atoms with Crippen molar-refractivity contribution < 1.29 is 18.0 Å². The molecule has 4 nitrogen and oxygen atoms in total. The topological polar surface area (TPSA) is 68.0 Å². The van der Waals surface area contributed by atoms with Crippen molar-refractivity contribution in [3.63, 3.8) is 0 Å². The highest BCUT2D eigenvalue weighted by Crippen LogP contribution is 2.29. The number of benzene rings is 1. The summed E-state index contributed by atoms with van der Waals surface area (Å²) in [6, 6.07) is 7.25. The van der Waals surface area contributed by atoms with Gasteiger partial charge in [-0.2, -0.15) is 13.2 Å². The first-order valence-corrected chi connectivity index (χ1v) is 6.04. The van der Waals surface area contributed by atoms with Crippen molar-refractivity contribution in [1.29, 1.82) is 0 Å². The van der Waals surface area contributed by atoms with Gasteiger partial charge in [-0.05, 0) is 36.4 Å². The first-order chi connectivity index (χ1) is 9.90. The molecular formula is C14H12F3N3O. The van der Waals surface area contributed by atoms with Crippen LogP contribution >= 0.6 is 0 Å². The van der Waals surface area contributed by atoms with Gasteiger partial charge in [0.25, 0.3) is 5.91 Å². The van der Waals surface area contributed by atoms with Gasteiger partial charge in [0, 0.05) is 24.0 Å². The predicted octanol–water partition coefficient (Wildman–Crippen LogP) is 2.81.